The summed E-state index contributed by atoms with van der Waals surface area (Å²) in [6.45, 7) is 0. The van der Waals surface area contributed by atoms with Crippen molar-refractivity contribution in [2.45, 2.75) is 24.8 Å². The van der Waals surface area contributed by atoms with E-state index in [2.05, 4.69) is 15.9 Å². The van der Waals surface area contributed by atoms with Crippen LogP contribution in [0.5, 0.6) is 11.5 Å². The molecule has 1 fully saturated rings. The van der Waals surface area contributed by atoms with Crippen molar-refractivity contribution in [2.24, 2.45) is 5.73 Å². The molecule has 3 N–H and O–H groups in total. The molecule has 0 unspecified atom stereocenters. The Morgan fingerprint density at radius 2 is 2.20 bits per heavy atom. The predicted molar refractivity (Wildman–Crippen MR) is 62.2 cm³/mol. The van der Waals surface area contributed by atoms with Crippen LogP contribution in [0.4, 0.5) is 0 Å². The Kier molecular flexibility index (Phi) is 2.64. The van der Waals surface area contributed by atoms with E-state index < -0.39 is 0 Å². The Balaban J connectivity index is 2.29. The van der Waals surface area contributed by atoms with Crippen molar-refractivity contribution in [3.05, 3.63) is 22.2 Å². The van der Waals surface area contributed by atoms with Gasteiger partial charge in [0, 0.05) is 10.0 Å². The Morgan fingerprint density at radius 3 is 2.73 bits per heavy atom. The van der Waals surface area contributed by atoms with Crippen molar-refractivity contribution in [3.63, 3.8) is 0 Å². The van der Waals surface area contributed by atoms with Crippen molar-refractivity contribution in [3.8, 4) is 11.5 Å². The topological polar surface area (TPSA) is 55.5 Å². The molecule has 82 valence electrons. The molecule has 1 saturated carbocycles. The van der Waals surface area contributed by atoms with E-state index in [1.807, 2.05) is 6.07 Å². The third-order valence-electron chi connectivity index (χ3n) is 2.78. The first-order valence-electron chi connectivity index (χ1n) is 4.88. The number of phenolic OH excluding ortho intramolecular Hbond substituents is 1. The van der Waals surface area contributed by atoms with E-state index >= 15 is 0 Å². The van der Waals surface area contributed by atoms with E-state index in [0.29, 0.717) is 5.75 Å². The summed E-state index contributed by atoms with van der Waals surface area (Å²) < 4.78 is 5.95. The monoisotopic (exact) mass is 271 g/mol. The number of phenols is 1. The highest BCUT2D eigenvalue weighted by molar-refractivity contribution is 9.10. The van der Waals surface area contributed by atoms with E-state index in [4.69, 9.17) is 10.5 Å². The lowest BCUT2D eigenvalue weighted by atomic mass is 10.0. The van der Waals surface area contributed by atoms with Gasteiger partial charge in [0.25, 0.3) is 0 Å². The standard InChI is InChI=1S/C11H14BrNO2/c1-15-10-4-7(6-11(13)2-3-11)8(12)5-9(10)14/h4-5,14H,2-3,6,13H2,1H3. The number of nitrogens with two attached hydrogens (primary N) is 1. The van der Waals surface area contributed by atoms with E-state index in [-0.39, 0.29) is 11.3 Å². The first kappa shape index (κ1) is 10.8. The second-order valence-electron chi connectivity index (χ2n) is 4.15. The van der Waals surface area contributed by atoms with Crippen molar-refractivity contribution >= 4 is 15.9 Å². The molecule has 1 aliphatic rings. The van der Waals surface area contributed by atoms with Gasteiger partial charge in [0.2, 0.25) is 0 Å². The van der Waals surface area contributed by atoms with Gasteiger partial charge in [-0.05, 0) is 37.0 Å². The maximum Gasteiger partial charge on any atom is 0.160 e. The average Bonchev–Trinajstić information content (AvgIpc) is 2.89. The fraction of sp³-hybridized carbons (Fsp3) is 0.455. The molecule has 0 spiro atoms. The highest BCUT2D eigenvalue weighted by Crippen LogP contribution is 2.40. The molecule has 15 heavy (non-hydrogen) atoms. The molecule has 1 aliphatic carbocycles. The largest absolute Gasteiger partial charge is 0.504 e. The summed E-state index contributed by atoms with van der Waals surface area (Å²) in [5.41, 5.74) is 7.10. The van der Waals surface area contributed by atoms with Gasteiger partial charge in [-0.15, -0.1) is 0 Å². The molecule has 0 aliphatic heterocycles. The van der Waals surface area contributed by atoms with Gasteiger partial charge < -0.3 is 15.6 Å². The highest BCUT2D eigenvalue weighted by Gasteiger charge is 2.38. The third kappa shape index (κ3) is 2.26. The number of rotatable bonds is 3. The van der Waals surface area contributed by atoms with Gasteiger partial charge in [-0.3, -0.25) is 0 Å². The first-order chi connectivity index (χ1) is 7.04. The molecular weight excluding hydrogens is 258 g/mol. The molecule has 0 radical (unpaired) electrons. The molecular formula is C11H14BrNO2. The Labute approximate surface area is 97.4 Å². The number of aromatic hydroxyl groups is 1. The maximum absolute atomic E-state index is 9.54. The molecule has 2 rings (SSSR count). The molecule has 0 atom stereocenters. The number of methoxy groups -OCH3 is 1. The first-order valence-corrected chi connectivity index (χ1v) is 5.68. The van der Waals surface area contributed by atoms with Gasteiger partial charge in [0.15, 0.2) is 11.5 Å². The van der Waals surface area contributed by atoms with Crippen LogP contribution in [-0.2, 0) is 6.42 Å². The lowest BCUT2D eigenvalue weighted by Gasteiger charge is -2.12. The predicted octanol–water partition coefficient (Wildman–Crippen LogP) is 2.20. The summed E-state index contributed by atoms with van der Waals surface area (Å²) in [7, 11) is 1.54. The van der Waals surface area contributed by atoms with Crippen LogP contribution in [0.2, 0.25) is 0 Å². The second-order valence-corrected chi connectivity index (χ2v) is 5.01. The van der Waals surface area contributed by atoms with Gasteiger partial charge in [-0.1, -0.05) is 15.9 Å². The van der Waals surface area contributed by atoms with Gasteiger partial charge in [0.1, 0.15) is 0 Å². The lowest BCUT2D eigenvalue weighted by molar-refractivity contribution is 0.372. The van der Waals surface area contributed by atoms with Crippen molar-refractivity contribution in [1.29, 1.82) is 0 Å². The van der Waals surface area contributed by atoms with Crippen LogP contribution in [0.25, 0.3) is 0 Å². The van der Waals surface area contributed by atoms with E-state index in [1.165, 1.54) is 0 Å². The molecule has 4 heteroatoms. The zero-order valence-electron chi connectivity index (χ0n) is 8.59. The molecule has 1 aromatic rings. The Morgan fingerprint density at radius 1 is 1.53 bits per heavy atom. The summed E-state index contributed by atoms with van der Waals surface area (Å²) in [5, 5.41) is 9.54. The number of benzene rings is 1. The normalized spacial score (nSPS) is 17.5. The van der Waals surface area contributed by atoms with Gasteiger partial charge in [-0.2, -0.15) is 0 Å². The molecule has 0 aromatic heterocycles. The van der Waals surface area contributed by atoms with Crippen LogP contribution in [0.3, 0.4) is 0 Å². The Hall–Kier alpha value is -0.740. The van der Waals surface area contributed by atoms with Gasteiger partial charge >= 0.3 is 0 Å². The minimum absolute atomic E-state index is 0.0372. The summed E-state index contributed by atoms with van der Waals surface area (Å²) in [6, 6.07) is 3.49. The van der Waals surface area contributed by atoms with Crippen molar-refractivity contribution < 1.29 is 9.84 Å². The molecule has 0 amide bonds. The molecule has 0 bridgehead atoms. The fourth-order valence-corrected chi connectivity index (χ4v) is 2.07. The third-order valence-corrected chi connectivity index (χ3v) is 3.52. The summed E-state index contributed by atoms with van der Waals surface area (Å²) in [5.74, 6) is 0.646. The van der Waals surface area contributed by atoms with Crippen molar-refractivity contribution in [2.75, 3.05) is 7.11 Å². The van der Waals surface area contributed by atoms with E-state index in [9.17, 15) is 5.11 Å². The van der Waals surface area contributed by atoms with Crippen LogP contribution < -0.4 is 10.5 Å². The van der Waals surface area contributed by atoms with Crippen LogP contribution in [0.15, 0.2) is 16.6 Å². The minimum atomic E-state index is -0.0372. The smallest absolute Gasteiger partial charge is 0.160 e. The SMILES string of the molecule is COc1cc(CC2(N)CC2)c(Br)cc1O. The quantitative estimate of drug-likeness (QED) is 0.886. The summed E-state index contributed by atoms with van der Waals surface area (Å²) in [4.78, 5) is 0. The zero-order chi connectivity index (χ0) is 11.1. The number of hydrogen-bond acceptors (Lipinski definition) is 3. The molecule has 3 nitrogen and oxygen atoms in total. The molecule has 0 saturated heterocycles. The van der Waals surface area contributed by atoms with Crippen LogP contribution in [-0.4, -0.2) is 17.8 Å². The van der Waals surface area contributed by atoms with E-state index in [1.54, 1.807) is 13.2 Å². The van der Waals surface area contributed by atoms with E-state index in [0.717, 1.165) is 29.3 Å². The van der Waals surface area contributed by atoms with Crippen LogP contribution in [0, 0.1) is 0 Å². The second kappa shape index (κ2) is 3.68. The van der Waals surface area contributed by atoms with Gasteiger partial charge in [0.05, 0.1) is 7.11 Å². The average molecular weight is 272 g/mol. The summed E-state index contributed by atoms with van der Waals surface area (Å²) >= 11 is 3.42. The minimum Gasteiger partial charge on any atom is -0.504 e. The Bertz CT molecular complexity index is 388. The zero-order valence-corrected chi connectivity index (χ0v) is 10.2. The van der Waals surface area contributed by atoms with Crippen molar-refractivity contribution in [1.82, 2.24) is 0 Å². The summed E-state index contributed by atoms with van der Waals surface area (Å²) in [6.07, 6.45) is 2.97. The highest BCUT2D eigenvalue weighted by atomic mass is 79.9. The maximum atomic E-state index is 9.54. The number of ether oxygens (including phenoxy) is 1. The molecule has 0 heterocycles. The van der Waals surface area contributed by atoms with Gasteiger partial charge in [-0.25, -0.2) is 0 Å². The van der Waals surface area contributed by atoms with Crippen LogP contribution >= 0.6 is 15.9 Å². The van der Waals surface area contributed by atoms with Crippen LogP contribution in [0.1, 0.15) is 18.4 Å². The fourth-order valence-electron chi connectivity index (χ4n) is 1.60. The molecule has 1 aromatic carbocycles. The number of halogens is 1. The lowest BCUT2D eigenvalue weighted by Crippen LogP contribution is -2.24. The number of hydrogen-bond donors (Lipinski definition) is 2.